The molecule has 17 heteroatoms. The van der Waals surface area contributed by atoms with Crippen LogP contribution in [0.2, 0.25) is 0 Å². The first-order valence-electron chi connectivity index (χ1n) is 20.4. The van der Waals surface area contributed by atoms with Crippen LogP contribution in [-0.2, 0) is 23.8 Å². The zero-order valence-electron chi connectivity index (χ0n) is 32.9. The average Bonchev–Trinajstić information content (AvgIpc) is 3.82. The molecule has 56 heavy (non-hydrogen) atoms. The van der Waals surface area contributed by atoms with E-state index in [1.807, 2.05) is 0 Å². The molecule has 0 bridgehead atoms. The van der Waals surface area contributed by atoms with Gasteiger partial charge in [-0.25, -0.2) is 4.63 Å². The van der Waals surface area contributed by atoms with Crippen LogP contribution in [0.3, 0.4) is 0 Å². The highest BCUT2D eigenvalue weighted by Gasteiger charge is 2.60. The monoisotopic (exact) mass is 798 g/mol. The van der Waals surface area contributed by atoms with Crippen molar-refractivity contribution in [3.63, 3.8) is 0 Å². The molecule has 4 aliphatic carbocycles. The van der Waals surface area contributed by atoms with Crippen molar-refractivity contribution in [1.82, 2.24) is 15.6 Å². The number of carbonyl (C=O) groups excluding carboxylic acids is 2. The van der Waals surface area contributed by atoms with E-state index in [0.717, 1.165) is 31.6 Å². The third kappa shape index (κ3) is 9.05. The second-order valence-electron chi connectivity index (χ2n) is 17.0. The van der Waals surface area contributed by atoms with Crippen LogP contribution >= 0.6 is 12.6 Å². The third-order valence-corrected chi connectivity index (χ3v) is 14.6. The number of azide groups is 1. The summed E-state index contributed by atoms with van der Waals surface area (Å²) in [6.45, 7) is 9.42. The van der Waals surface area contributed by atoms with Crippen molar-refractivity contribution in [2.75, 3.05) is 50.6 Å². The fourth-order valence-electron chi connectivity index (χ4n) is 11.5. The molecule has 10 atom stereocenters. The molecule has 4 unspecified atom stereocenters. The highest BCUT2D eigenvalue weighted by atomic mass is 32.1. The lowest BCUT2D eigenvalue weighted by molar-refractivity contribution is -0.383. The van der Waals surface area contributed by atoms with Crippen molar-refractivity contribution in [1.29, 1.82) is 0 Å². The maximum atomic E-state index is 13.6. The Hall–Kier alpha value is -3.66. The van der Waals surface area contributed by atoms with Gasteiger partial charge in [-0.05, 0) is 132 Å². The molecule has 2 aromatic rings. The van der Waals surface area contributed by atoms with Crippen LogP contribution in [-0.4, -0.2) is 84.5 Å². The SMILES string of the molecule is C[C@H](CCC(=O)OCCOCCOCCN=[N+]=[N-])C1CCC2C3CC[C@@H]4C[C@H](NC(=O)[C@H](CS)Nc5ccc([N+](=O)[O-])c6nonc56)CC[C@]4(C)C3CC[C@@]21C. The summed E-state index contributed by atoms with van der Waals surface area (Å²) in [5.74, 6) is 3.66. The Balaban J connectivity index is 0.955. The number of aromatic nitrogens is 2. The van der Waals surface area contributed by atoms with Gasteiger partial charge in [0.25, 0.3) is 0 Å². The summed E-state index contributed by atoms with van der Waals surface area (Å²) >= 11 is 4.46. The van der Waals surface area contributed by atoms with Gasteiger partial charge in [0, 0.05) is 35.7 Å². The Bertz CT molecular complexity index is 1740. The van der Waals surface area contributed by atoms with Crippen LogP contribution in [0, 0.1) is 56.5 Å². The Morgan fingerprint density at radius 1 is 1.04 bits per heavy atom. The van der Waals surface area contributed by atoms with Crippen LogP contribution in [0.25, 0.3) is 21.5 Å². The second-order valence-corrected chi connectivity index (χ2v) is 17.4. The number of benzene rings is 1. The highest BCUT2D eigenvalue weighted by Crippen LogP contribution is 2.68. The molecular weight excluding hydrogens is 741 g/mol. The number of nitro benzene ring substituents is 1. The zero-order valence-corrected chi connectivity index (χ0v) is 33.8. The van der Waals surface area contributed by atoms with E-state index in [-0.39, 0.29) is 52.4 Å². The predicted octanol–water partition coefficient (Wildman–Crippen LogP) is 7.29. The fourth-order valence-corrected chi connectivity index (χ4v) is 11.7. The Morgan fingerprint density at radius 3 is 2.54 bits per heavy atom. The van der Waals surface area contributed by atoms with E-state index in [9.17, 15) is 19.7 Å². The molecule has 4 aliphatic rings. The summed E-state index contributed by atoms with van der Waals surface area (Å²) in [5, 5.41) is 28.9. The lowest BCUT2D eigenvalue weighted by atomic mass is 9.44. The molecule has 2 N–H and O–H groups in total. The maximum Gasteiger partial charge on any atom is 0.305 e. The first-order chi connectivity index (χ1) is 27.0. The molecule has 4 fully saturated rings. The number of amides is 1. The number of hydrogen-bond acceptors (Lipinski definition) is 13. The first-order valence-corrected chi connectivity index (χ1v) is 21.0. The van der Waals surface area contributed by atoms with Gasteiger partial charge in [0.2, 0.25) is 11.4 Å². The van der Waals surface area contributed by atoms with Crippen molar-refractivity contribution in [2.24, 2.45) is 51.5 Å². The van der Waals surface area contributed by atoms with Gasteiger partial charge < -0.3 is 24.8 Å². The number of non-ortho nitro benzene ring substituents is 1. The summed E-state index contributed by atoms with van der Waals surface area (Å²) in [5.41, 5.74) is 9.28. The smallest absolute Gasteiger partial charge is 0.305 e. The molecule has 0 radical (unpaired) electrons. The number of nitrogens with zero attached hydrogens (tertiary/aromatic N) is 6. The molecule has 4 saturated carbocycles. The second kappa shape index (κ2) is 18.7. The Labute approximate surface area is 333 Å². The van der Waals surface area contributed by atoms with E-state index in [0.29, 0.717) is 80.1 Å². The van der Waals surface area contributed by atoms with Crippen LogP contribution in [0.5, 0.6) is 0 Å². The number of esters is 1. The number of nitrogens with one attached hydrogen (secondary N) is 2. The van der Waals surface area contributed by atoms with Crippen molar-refractivity contribution < 1.29 is 33.4 Å². The number of hydrogen-bond donors (Lipinski definition) is 3. The van der Waals surface area contributed by atoms with Gasteiger partial charge in [0.15, 0.2) is 5.52 Å². The molecule has 0 spiro atoms. The summed E-state index contributed by atoms with van der Waals surface area (Å²) in [7, 11) is 0. The minimum Gasteiger partial charge on any atom is -0.463 e. The molecule has 1 amide bonds. The molecule has 1 heterocycles. The lowest BCUT2D eigenvalue weighted by Gasteiger charge is -2.61. The van der Waals surface area contributed by atoms with E-state index in [2.05, 4.69) is 64.4 Å². The van der Waals surface area contributed by atoms with Crippen molar-refractivity contribution >= 4 is 46.9 Å². The largest absolute Gasteiger partial charge is 0.463 e. The first kappa shape index (κ1) is 42.0. The number of fused-ring (bicyclic) bond motifs is 6. The van der Waals surface area contributed by atoms with Crippen LogP contribution in [0.15, 0.2) is 21.9 Å². The minimum absolute atomic E-state index is 0.0309. The minimum atomic E-state index is -0.664. The van der Waals surface area contributed by atoms with Crippen LogP contribution < -0.4 is 10.6 Å². The number of carbonyl (C=O) groups is 2. The van der Waals surface area contributed by atoms with Gasteiger partial charge in [0.05, 0.1) is 37.0 Å². The topological polar surface area (TPSA) is 217 Å². The summed E-state index contributed by atoms with van der Waals surface area (Å²) in [6.07, 6.45) is 11.7. The van der Waals surface area contributed by atoms with Gasteiger partial charge in [-0.2, -0.15) is 12.6 Å². The van der Waals surface area contributed by atoms with Crippen molar-refractivity contribution in [3.8, 4) is 0 Å². The molecular formula is C39H58N8O8S. The number of thiol groups is 1. The standard InChI is InChI=1S/C39H58N8O8S/c1-24(4-11-34(48)54-21-20-53-19-18-52-17-16-41-46-40)28-7-8-29-27-6-5-25-22-26(12-14-38(25,2)30(27)13-15-39(28,29)3)42-37(49)32(23-56)43-31-9-10-33(47(50)51)36-35(31)44-55-45-36/h9-10,24-30,32,43,56H,4-8,11-23H2,1-3H3,(H,42,49)/t24-,25-,26-,27?,28?,29?,30?,32+,38+,39-/m1/s1. The maximum absolute atomic E-state index is 13.6. The predicted molar refractivity (Wildman–Crippen MR) is 212 cm³/mol. The van der Waals surface area contributed by atoms with Gasteiger partial charge in [-0.15, -0.1) is 0 Å². The molecule has 16 nitrogen and oxygen atoms in total. The molecule has 1 aromatic heterocycles. The fraction of sp³-hybridized carbons (Fsp3) is 0.795. The molecule has 0 saturated heterocycles. The molecule has 0 aliphatic heterocycles. The van der Waals surface area contributed by atoms with E-state index in [1.54, 1.807) is 0 Å². The van der Waals surface area contributed by atoms with Gasteiger partial charge >= 0.3 is 11.7 Å². The zero-order chi connectivity index (χ0) is 39.9. The summed E-state index contributed by atoms with van der Waals surface area (Å²) < 4.78 is 21.0. The van der Waals surface area contributed by atoms with Gasteiger partial charge in [-0.1, -0.05) is 25.9 Å². The number of nitro groups is 1. The van der Waals surface area contributed by atoms with E-state index in [1.165, 1.54) is 50.7 Å². The normalized spacial score (nSPS) is 30.6. The van der Waals surface area contributed by atoms with Gasteiger partial charge in [0.1, 0.15) is 12.6 Å². The molecule has 1 aromatic carbocycles. The Morgan fingerprint density at radius 2 is 1.77 bits per heavy atom. The van der Waals surface area contributed by atoms with Crippen molar-refractivity contribution in [2.45, 2.75) is 103 Å². The van der Waals surface area contributed by atoms with E-state index in [4.69, 9.17) is 24.4 Å². The Kier molecular flexibility index (Phi) is 14.0. The third-order valence-electron chi connectivity index (χ3n) is 14.3. The summed E-state index contributed by atoms with van der Waals surface area (Å²) in [6, 6.07) is 2.28. The number of ether oxygens (including phenoxy) is 3. The average molecular weight is 799 g/mol. The highest BCUT2D eigenvalue weighted by molar-refractivity contribution is 7.80. The molecule has 6 rings (SSSR count). The number of rotatable bonds is 19. The van der Waals surface area contributed by atoms with Crippen LogP contribution in [0.4, 0.5) is 11.4 Å². The van der Waals surface area contributed by atoms with E-state index < -0.39 is 11.0 Å². The summed E-state index contributed by atoms with van der Waals surface area (Å²) in [4.78, 5) is 39.7. The molecule has 308 valence electrons. The van der Waals surface area contributed by atoms with E-state index >= 15 is 0 Å². The van der Waals surface area contributed by atoms with Crippen LogP contribution in [0.1, 0.15) is 91.4 Å². The van der Waals surface area contributed by atoms with Gasteiger partial charge in [-0.3, -0.25) is 19.7 Å². The quantitative estimate of drug-likeness (QED) is 0.0187. The van der Waals surface area contributed by atoms with Crippen molar-refractivity contribution in [3.05, 3.63) is 32.7 Å². The number of anilines is 1. The lowest BCUT2D eigenvalue weighted by Crippen LogP contribution is -2.56.